The molecule has 3 nitrogen and oxygen atoms in total. The highest BCUT2D eigenvalue weighted by Crippen LogP contribution is 2.21. The molecule has 0 aromatic carbocycles. The Morgan fingerprint density at radius 2 is 1.88 bits per heavy atom. The monoisotopic (exact) mass is 259 g/mol. The van der Waals surface area contributed by atoms with Crippen molar-refractivity contribution < 1.29 is 0 Å². The SMILES string of the molecule is CCN(CCC(C)(C)C(N)=S)C(C)CN(C)C. The summed E-state index contributed by atoms with van der Waals surface area (Å²) in [7, 11) is 4.23. The maximum Gasteiger partial charge on any atom is 0.0784 e. The highest BCUT2D eigenvalue weighted by Gasteiger charge is 2.23. The summed E-state index contributed by atoms with van der Waals surface area (Å²) in [5, 5.41) is 0. The molecule has 2 N–H and O–H groups in total. The maximum absolute atomic E-state index is 5.76. The van der Waals surface area contributed by atoms with Gasteiger partial charge in [0.05, 0.1) is 4.99 Å². The van der Waals surface area contributed by atoms with Crippen LogP contribution in [0.2, 0.25) is 0 Å². The van der Waals surface area contributed by atoms with Gasteiger partial charge in [0.25, 0.3) is 0 Å². The van der Waals surface area contributed by atoms with Gasteiger partial charge in [-0.25, -0.2) is 0 Å². The van der Waals surface area contributed by atoms with Gasteiger partial charge in [-0.3, -0.25) is 4.90 Å². The van der Waals surface area contributed by atoms with Gasteiger partial charge >= 0.3 is 0 Å². The van der Waals surface area contributed by atoms with Crippen LogP contribution in [0.15, 0.2) is 0 Å². The van der Waals surface area contributed by atoms with Gasteiger partial charge in [-0.1, -0.05) is 33.0 Å². The van der Waals surface area contributed by atoms with Gasteiger partial charge in [0.2, 0.25) is 0 Å². The first kappa shape index (κ1) is 16.8. The third-order valence-electron chi connectivity index (χ3n) is 3.35. The van der Waals surface area contributed by atoms with Crippen LogP contribution in [-0.4, -0.2) is 54.6 Å². The molecule has 0 radical (unpaired) electrons. The zero-order valence-corrected chi connectivity index (χ0v) is 13.1. The Hall–Kier alpha value is -0.190. The molecule has 0 spiro atoms. The van der Waals surface area contributed by atoms with Crippen LogP contribution in [-0.2, 0) is 0 Å². The van der Waals surface area contributed by atoms with E-state index in [1.54, 1.807) is 0 Å². The molecule has 4 heteroatoms. The molecule has 0 heterocycles. The number of thiocarbonyl (C=S) groups is 1. The number of hydrogen-bond acceptors (Lipinski definition) is 3. The molecule has 0 aromatic heterocycles. The first-order chi connectivity index (χ1) is 7.70. The van der Waals surface area contributed by atoms with Crippen LogP contribution in [0.25, 0.3) is 0 Å². The van der Waals surface area contributed by atoms with Crippen molar-refractivity contribution in [1.82, 2.24) is 9.80 Å². The van der Waals surface area contributed by atoms with Crippen molar-refractivity contribution in [2.24, 2.45) is 11.1 Å². The van der Waals surface area contributed by atoms with Gasteiger partial charge in [0.15, 0.2) is 0 Å². The summed E-state index contributed by atoms with van der Waals surface area (Å²) in [5.41, 5.74) is 5.72. The molecule has 17 heavy (non-hydrogen) atoms. The third kappa shape index (κ3) is 6.34. The van der Waals surface area contributed by atoms with Crippen molar-refractivity contribution in [2.75, 3.05) is 33.7 Å². The van der Waals surface area contributed by atoms with E-state index in [1.807, 2.05) is 0 Å². The molecule has 1 atom stereocenters. The molecule has 0 amide bonds. The fourth-order valence-corrected chi connectivity index (χ4v) is 1.98. The molecule has 1 unspecified atom stereocenters. The molecule has 0 aromatic rings. The van der Waals surface area contributed by atoms with Crippen LogP contribution >= 0.6 is 12.2 Å². The lowest BCUT2D eigenvalue weighted by Crippen LogP contribution is -2.42. The quantitative estimate of drug-likeness (QED) is 0.676. The molecule has 0 saturated carbocycles. The Kier molecular flexibility index (Phi) is 7.21. The predicted molar refractivity (Wildman–Crippen MR) is 80.4 cm³/mol. The van der Waals surface area contributed by atoms with Gasteiger partial charge in [-0.05, 0) is 40.5 Å². The predicted octanol–water partition coefficient (Wildman–Crippen LogP) is 1.96. The summed E-state index contributed by atoms with van der Waals surface area (Å²) in [6.07, 6.45) is 1.02. The van der Waals surface area contributed by atoms with E-state index in [0.717, 1.165) is 26.1 Å². The van der Waals surface area contributed by atoms with Crippen molar-refractivity contribution in [3.63, 3.8) is 0 Å². The van der Waals surface area contributed by atoms with Gasteiger partial charge < -0.3 is 10.6 Å². The van der Waals surface area contributed by atoms with Crippen LogP contribution in [0.1, 0.15) is 34.1 Å². The molecule has 0 aliphatic carbocycles. The Labute approximate surface area is 112 Å². The first-order valence-corrected chi connectivity index (χ1v) is 6.80. The fraction of sp³-hybridized carbons (Fsp3) is 0.923. The van der Waals surface area contributed by atoms with Crippen molar-refractivity contribution in [2.45, 2.75) is 40.2 Å². The Morgan fingerprint density at radius 3 is 2.24 bits per heavy atom. The lowest BCUT2D eigenvalue weighted by Gasteiger charge is -2.33. The Morgan fingerprint density at radius 1 is 1.35 bits per heavy atom. The second kappa shape index (κ2) is 7.29. The zero-order valence-electron chi connectivity index (χ0n) is 12.3. The van der Waals surface area contributed by atoms with Crippen LogP contribution in [0.3, 0.4) is 0 Å². The molecule has 0 saturated heterocycles. The largest absolute Gasteiger partial charge is 0.393 e. The molecular formula is C13H29N3S. The molecule has 102 valence electrons. The fourth-order valence-electron chi connectivity index (χ4n) is 1.88. The number of rotatable bonds is 8. The van der Waals surface area contributed by atoms with Crippen molar-refractivity contribution >= 4 is 17.2 Å². The smallest absolute Gasteiger partial charge is 0.0784 e. The second-order valence-corrected chi connectivity index (χ2v) is 6.18. The number of nitrogens with zero attached hydrogens (tertiary/aromatic N) is 2. The van der Waals surface area contributed by atoms with Crippen molar-refractivity contribution in [3.8, 4) is 0 Å². The number of hydrogen-bond donors (Lipinski definition) is 1. The van der Waals surface area contributed by atoms with Crippen LogP contribution in [0.5, 0.6) is 0 Å². The highest BCUT2D eigenvalue weighted by molar-refractivity contribution is 7.80. The van der Waals surface area contributed by atoms with E-state index in [-0.39, 0.29) is 5.41 Å². The van der Waals surface area contributed by atoms with E-state index in [2.05, 4.69) is 51.6 Å². The van der Waals surface area contributed by atoms with Gasteiger partial charge in [0.1, 0.15) is 0 Å². The van der Waals surface area contributed by atoms with Crippen LogP contribution in [0.4, 0.5) is 0 Å². The maximum atomic E-state index is 5.76. The summed E-state index contributed by atoms with van der Waals surface area (Å²) in [6.45, 7) is 11.9. The van der Waals surface area contributed by atoms with E-state index in [1.165, 1.54) is 0 Å². The molecule has 0 aliphatic rings. The standard InChI is InChI=1S/C13H29N3S/c1-7-16(11(2)10-15(5)6)9-8-13(3,4)12(14)17/h11H,7-10H2,1-6H3,(H2,14,17). The summed E-state index contributed by atoms with van der Waals surface area (Å²) in [5.74, 6) is 0. The topological polar surface area (TPSA) is 32.5 Å². The minimum Gasteiger partial charge on any atom is -0.393 e. The minimum atomic E-state index is -0.0411. The van der Waals surface area contributed by atoms with Gasteiger partial charge in [-0.15, -0.1) is 0 Å². The average molecular weight is 259 g/mol. The molecular weight excluding hydrogens is 230 g/mol. The molecule has 0 aliphatic heterocycles. The first-order valence-electron chi connectivity index (χ1n) is 6.39. The molecule has 0 rings (SSSR count). The molecule has 0 bridgehead atoms. The number of likely N-dealkylation sites (N-methyl/N-ethyl adjacent to an activating group) is 2. The third-order valence-corrected chi connectivity index (χ3v) is 3.90. The zero-order chi connectivity index (χ0) is 13.6. The summed E-state index contributed by atoms with van der Waals surface area (Å²) in [6, 6.07) is 0.567. The Balaban J connectivity index is 4.27. The normalized spacial score (nSPS) is 14.4. The van der Waals surface area contributed by atoms with Crippen molar-refractivity contribution in [3.05, 3.63) is 0 Å². The van der Waals surface area contributed by atoms with Gasteiger partial charge in [0, 0.05) is 18.0 Å². The second-order valence-electron chi connectivity index (χ2n) is 5.74. The van der Waals surface area contributed by atoms with Gasteiger partial charge in [-0.2, -0.15) is 0 Å². The number of nitrogens with two attached hydrogens (primary N) is 1. The highest BCUT2D eigenvalue weighted by atomic mass is 32.1. The summed E-state index contributed by atoms with van der Waals surface area (Å²) >= 11 is 5.11. The lowest BCUT2D eigenvalue weighted by atomic mass is 9.89. The van der Waals surface area contributed by atoms with Crippen LogP contribution < -0.4 is 5.73 Å². The van der Waals surface area contributed by atoms with E-state index in [9.17, 15) is 0 Å². The van der Waals surface area contributed by atoms with E-state index >= 15 is 0 Å². The van der Waals surface area contributed by atoms with E-state index in [4.69, 9.17) is 18.0 Å². The average Bonchev–Trinajstić information content (AvgIpc) is 2.16. The molecule has 0 fully saturated rings. The summed E-state index contributed by atoms with van der Waals surface area (Å²) in [4.78, 5) is 5.33. The van der Waals surface area contributed by atoms with E-state index in [0.29, 0.717) is 11.0 Å². The Bertz CT molecular complexity index is 239. The summed E-state index contributed by atoms with van der Waals surface area (Å²) < 4.78 is 0. The minimum absolute atomic E-state index is 0.0411. The van der Waals surface area contributed by atoms with Crippen LogP contribution in [0, 0.1) is 5.41 Å². The van der Waals surface area contributed by atoms with Crippen molar-refractivity contribution in [1.29, 1.82) is 0 Å². The van der Waals surface area contributed by atoms with E-state index < -0.39 is 0 Å². The lowest BCUT2D eigenvalue weighted by molar-refractivity contribution is 0.168.